The smallest absolute Gasteiger partial charge is 0.272 e. The third kappa shape index (κ3) is 2.51. The van der Waals surface area contributed by atoms with Crippen molar-refractivity contribution in [2.24, 2.45) is 0 Å². The minimum absolute atomic E-state index is 0.0705. The number of benzene rings is 1. The maximum atomic E-state index is 10.6. The van der Waals surface area contributed by atoms with Crippen molar-refractivity contribution in [1.29, 1.82) is 0 Å². The van der Waals surface area contributed by atoms with Crippen LogP contribution in [-0.4, -0.2) is 9.91 Å². The van der Waals surface area contributed by atoms with Crippen molar-refractivity contribution in [3.8, 4) is 10.8 Å². The van der Waals surface area contributed by atoms with Crippen LogP contribution >= 0.6 is 11.3 Å². The molecular weight excluding hydrogens is 242 g/mol. The van der Waals surface area contributed by atoms with Crippen molar-refractivity contribution in [2.75, 3.05) is 5.73 Å². The Kier molecular flexibility index (Phi) is 2.92. The van der Waals surface area contributed by atoms with Crippen LogP contribution in [0.1, 0.15) is 5.56 Å². The Morgan fingerprint density at radius 3 is 2.82 bits per heavy atom. The van der Waals surface area contributed by atoms with Gasteiger partial charge < -0.3 is 10.5 Å². The Labute approximate surface area is 101 Å². The van der Waals surface area contributed by atoms with Gasteiger partial charge in [-0.25, -0.2) is 4.98 Å². The molecule has 0 radical (unpaired) electrons. The molecule has 0 aliphatic carbocycles. The number of aryl methyl sites for hydroxylation is 1. The fraction of sp³-hybridized carbons (Fsp3) is 0.100. The highest BCUT2D eigenvalue weighted by Gasteiger charge is 2.11. The lowest BCUT2D eigenvalue weighted by Crippen LogP contribution is -1.91. The standard InChI is InChI=1S/C10H9N3O3S/c1-6-4-7(2-3-8(6)13(14)15)16-9-5-12-10(11)17-9/h2-5H,1H3,(H2,11,12). The van der Waals surface area contributed by atoms with Gasteiger partial charge in [0.1, 0.15) is 5.75 Å². The van der Waals surface area contributed by atoms with Gasteiger partial charge in [-0.2, -0.15) is 0 Å². The molecule has 0 fully saturated rings. The molecule has 7 heteroatoms. The summed E-state index contributed by atoms with van der Waals surface area (Å²) in [5.74, 6) is 0.525. The van der Waals surface area contributed by atoms with E-state index in [1.807, 2.05) is 0 Å². The number of nitro groups is 1. The largest absolute Gasteiger partial charge is 0.445 e. The second kappa shape index (κ2) is 4.38. The van der Waals surface area contributed by atoms with Crippen LogP contribution in [0.3, 0.4) is 0 Å². The number of ether oxygens (including phenoxy) is 1. The van der Waals surface area contributed by atoms with Crippen LogP contribution in [0.15, 0.2) is 24.4 Å². The van der Waals surface area contributed by atoms with Gasteiger partial charge in [-0.15, -0.1) is 0 Å². The van der Waals surface area contributed by atoms with Crippen molar-refractivity contribution in [2.45, 2.75) is 6.92 Å². The van der Waals surface area contributed by atoms with E-state index in [4.69, 9.17) is 10.5 Å². The van der Waals surface area contributed by atoms with Crippen LogP contribution in [0, 0.1) is 17.0 Å². The maximum absolute atomic E-state index is 10.6. The van der Waals surface area contributed by atoms with Crippen molar-refractivity contribution in [3.05, 3.63) is 40.1 Å². The first-order valence-corrected chi connectivity index (χ1v) is 5.52. The van der Waals surface area contributed by atoms with Gasteiger partial charge in [-0.05, 0) is 19.1 Å². The third-order valence-corrected chi connectivity index (χ3v) is 2.79. The summed E-state index contributed by atoms with van der Waals surface area (Å²) < 4.78 is 5.47. The first-order valence-electron chi connectivity index (χ1n) is 4.70. The molecule has 0 saturated carbocycles. The number of rotatable bonds is 3. The van der Waals surface area contributed by atoms with Gasteiger partial charge in [0, 0.05) is 11.6 Å². The fourth-order valence-electron chi connectivity index (χ4n) is 1.33. The van der Waals surface area contributed by atoms with E-state index < -0.39 is 4.92 Å². The van der Waals surface area contributed by atoms with Crippen LogP contribution in [0.5, 0.6) is 10.8 Å². The number of thiazole rings is 1. The SMILES string of the molecule is Cc1cc(Oc2cnc(N)s2)ccc1[N+](=O)[O-]. The Hall–Kier alpha value is -2.15. The predicted molar refractivity (Wildman–Crippen MR) is 64.4 cm³/mol. The number of hydrogen-bond donors (Lipinski definition) is 1. The van der Waals surface area contributed by atoms with E-state index >= 15 is 0 Å². The Bertz CT molecular complexity index is 568. The highest BCUT2D eigenvalue weighted by molar-refractivity contribution is 7.17. The summed E-state index contributed by atoms with van der Waals surface area (Å²) in [6.45, 7) is 1.66. The molecule has 0 unspecified atom stereocenters. The highest BCUT2D eigenvalue weighted by atomic mass is 32.1. The maximum Gasteiger partial charge on any atom is 0.272 e. The molecule has 0 amide bonds. The first kappa shape index (κ1) is 11.3. The number of hydrogen-bond acceptors (Lipinski definition) is 6. The van der Waals surface area contributed by atoms with Crippen molar-refractivity contribution < 1.29 is 9.66 Å². The van der Waals surface area contributed by atoms with E-state index in [1.165, 1.54) is 23.6 Å². The molecule has 6 nitrogen and oxygen atoms in total. The highest BCUT2D eigenvalue weighted by Crippen LogP contribution is 2.31. The Morgan fingerprint density at radius 2 is 2.29 bits per heavy atom. The van der Waals surface area contributed by atoms with Gasteiger partial charge in [0.05, 0.1) is 11.1 Å². The monoisotopic (exact) mass is 251 g/mol. The Morgan fingerprint density at radius 1 is 1.53 bits per heavy atom. The van der Waals surface area contributed by atoms with E-state index in [1.54, 1.807) is 19.1 Å². The summed E-state index contributed by atoms with van der Waals surface area (Å²) in [4.78, 5) is 14.1. The number of nitrogens with zero attached hydrogens (tertiary/aromatic N) is 2. The van der Waals surface area contributed by atoms with Crippen LogP contribution < -0.4 is 10.5 Å². The fourth-order valence-corrected chi connectivity index (χ4v) is 1.89. The van der Waals surface area contributed by atoms with Gasteiger partial charge in [0.25, 0.3) is 5.69 Å². The van der Waals surface area contributed by atoms with E-state index in [-0.39, 0.29) is 5.69 Å². The Balaban J connectivity index is 2.23. The summed E-state index contributed by atoms with van der Waals surface area (Å²) in [7, 11) is 0. The first-order chi connectivity index (χ1) is 8.06. The molecule has 0 aliphatic rings. The molecule has 17 heavy (non-hydrogen) atoms. The lowest BCUT2D eigenvalue weighted by Gasteiger charge is -2.03. The second-order valence-corrected chi connectivity index (χ2v) is 4.35. The molecule has 1 aromatic heterocycles. The quantitative estimate of drug-likeness (QED) is 0.668. The molecule has 0 atom stereocenters. The molecule has 0 bridgehead atoms. The number of nitrogens with two attached hydrogens (primary N) is 1. The molecule has 0 spiro atoms. The van der Waals surface area contributed by atoms with Crippen molar-refractivity contribution in [1.82, 2.24) is 4.98 Å². The normalized spacial score (nSPS) is 10.2. The summed E-state index contributed by atoms with van der Waals surface area (Å²) in [5, 5.41) is 11.6. The molecule has 0 aliphatic heterocycles. The van der Waals surface area contributed by atoms with Crippen molar-refractivity contribution >= 4 is 22.2 Å². The molecule has 2 rings (SSSR count). The van der Waals surface area contributed by atoms with Crippen LogP contribution in [0.25, 0.3) is 0 Å². The topological polar surface area (TPSA) is 91.3 Å². The van der Waals surface area contributed by atoms with E-state index in [0.29, 0.717) is 21.5 Å². The zero-order valence-corrected chi connectivity index (χ0v) is 9.73. The van der Waals surface area contributed by atoms with Gasteiger partial charge in [0.15, 0.2) is 5.13 Å². The second-order valence-electron chi connectivity index (χ2n) is 3.32. The number of aromatic nitrogens is 1. The molecule has 2 N–H and O–H groups in total. The van der Waals surface area contributed by atoms with Gasteiger partial charge in [-0.3, -0.25) is 10.1 Å². The number of nitrogen functional groups attached to an aromatic ring is 1. The van der Waals surface area contributed by atoms with Crippen LogP contribution in [0.2, 0.25) is 0 Å². The van der Waals surface area contributed by atoms with Gasteiger partial charge in [-0.1, -0.05) is 11.3 Å². The molecule has 1 aromatic carbocycles. The van der Waals surface area contributed by atoms with Gasteiger partial charge >= 0.3 is 0 Å². The lowest BCUT2D eigenvalue weighted by atomic mass is 10.2. The van der Waals surface area contributed by atoms with Crippen molar-refractivity contribution in [3.63, 3.8) is 0 Å². The van der Waals surface area contributed by atoms with Gasteiger partial charge in [0.2, 0.25) is 5.06 Å². The zero-order chi connectivity index (χ0) is 12.4. The van der Waals surface area contributed by atoms with E-state index in [0.717, 1.165) is 0 Å². The summed E-state index contributed by atoms with van der Waals surface area (Å²) in [5.41, 5.74) is 6.08. The predicted octanol–water partition coefficient (Wildman–Crippen LogP) is 2.73. The lowest BCUT2D eigenvalue weighted by molar-refractivity contribution is -0.385. The van der Waals surface area contributed by atoms with Crippen LogP contribution in [0.4, 0.5) is 10.8 Å². The molecular formula is C10H9N3O3S. The number of nitro benzene ring substituents is 1. The number of anilines is 1. The molecule has 88 valence electrons. The minimum atomic E-state index is -0.427. The van der Waals surface area contributed by atoms with Crippen LogP contribution in [-0.2, 0) is 0 Å². The summed E-state index contributed by atoms with van der Waals surface area (Å²) in [6, 6.07) is 4.56. The third-order valence-electron chi connectivity index (χ3n) is 2.09. The van der Waals surface area contributed by atoms with E-state index in [2.05, 4.69) is 4.98 Å². The summed E-state index contributed by atoms with van der Waals surface area (Å²) in [6.07, 6.45) is 1.51. The summed E-state index contributed by atoms with van der Waals surface area (Å²) >= 11 is 1.21. The molecule has 2 aromatic rings. The average molecular weight is 251 g/mol. The molecule has 0 saturated heterocycles. The van der Waals surface area contributed by atoms with E-state index in [9.17, 15) is 10.1 Å². The zero-order valence-electron chi connectivity index (χ0n) is 8.91. The molecule has 1 heterocycles. The minimum Gasteiger partial charge on any atom is -0.445 e. The average Bonchev–Trinajstić information content (AvgIpc) is 2.63.